The van der Waals surface area contributed by atoms with Gasteiger partial charge in [0.25, 0.3) is 0 Å². The predicted octanol–water partition coefficient (Wildman–Crippen LogP) is 2.20. The normalized spacial score (nSPS) is 29.8. The molecule has 0 aromatic carbocycles. The predicted molar refractivity (Wildman–Crippen MR) is 65.1 cm³/mol. The van der Waals surface area contributed by atoms with Gasteiger partial charge in [-0.2, -0.15) is 0 Å². The molecule has 0 aliphatic carbocycles. The number of piperidine rings is 1. The van der Waals surface area contributed by atoms with Crippen molar-refractivity contribution in [2.75, 3.05) is 33.2 Å². The van der Waals surface area contributed by atoms with Crippen molar-refractivity contribution in [3.05, 3.63) is 0 Å². The van der Waals surface area contributed by atoms with E-state index in [4.69, 9.17) is 0 Å². The van der Waals surface area contributed by atoms with Crippen LogP contribution in [-0.4, -0.2) is 49.1 Å². The summed E-state index contributed by atoms with van der Waals surface area (Å²) in [6.45, 7) is 10.0. The van der Waals surface area contributed by atoms with Crippen LogP contribution in [0.15, 0.2) is 0 Å². The first kappa shape index (κ1) is 11.4. The Hall–Kier alpha value is -0.0800. The van der Waals surface area contributed by atoms with Gasteiger partial charge >= 0.3 is 0 Å². The van der Waals surface area contributed by atoms with Gasteiger partial charge in [0.2, 0.25) is 0 Å². The summed E-state index contributed by atoms with van der Waals surface area (Å²) in [5.74, 6) is 0. The molecule has 0 radical (unpaired) electrons. The lowest BCUT2D eigenvalue weighted by molar-refractivity contribution is 0.117. The molecule has 2 aliphatic rings. The third-order valence-corrected chi connectivity index (χ3v) is 4.73. The monoisotopic (exact) mass is 210 g/mol. The fourth-order valence-corrected chi connectivity index (χ4v) is 3.11. The van der Waals surface area contributed by atoms with Crippen LogP contribution in [0.25, 0.3) is 0 Å². The van der Waals surface area contributed by atoms with Gasteiger partial charge in [-0.3, -0.25) is 0 Å². The van der Waals surface area contributed by atoms with Crippen molar-refractivity contribution in [1.29, 1.82) is 0 Å². The Balaban J connectivity index is 1.91. The van der Waals surface area contributed by atoms with Crippen LogP contribution in [0, 0.1) is 5.41 Å². The van der Waals surface area contributed by atoms with Crippen molar-refractivity contribution in [1.82, 2.24) is 9.80 Å². The second-order valence-electron chi connectivity index (χ2n) is 5.78. The Bertz CT molecular complexity index is 207. The van der Waals surface area contributed by atoms with Gasteiger partial charge in [0.15, 0.2) is 0 Å². The van der Waals surface area contributed by atoms with Crippen LogP contribution in [0.5, 0.6) is 0 Å². The van der Waals surface area contributed by atoms with Crippen LogP contribution < -0.4 is 0 Å². The number of rotatable bonds is 2. The smallest absolute Gasteiger partial charge is 0.00645 e. The summed E-state index contributed by atoms with van der Waals surface area (Å²) in [6, 6.07) is 0.795. The Kier molecular flexibility index (Phi) is 3.36. The van der Waals surface area contributed by atoms with E-state index in [-0.39, 0.29) is 0 Å². The van der Waals surface area contributed by atoms with Gasteiger partial charge in [0.05, 0.1) is 0 Å². The molecule has 0 saturated carbocycles. The number of hydrogen-bond acceptors (Lipinski definition) is 2. The third-order valence-electron chi connectivity index (χ3n) is 4.73. The second kappa shape index (κ2) is 4.42. The van der Waals surface area contributed by atoms with Crippen LogP contribution in [-0.2, 0) is 0 Å². The van der Waals surface area contributed by atoms with E-state index < -0.39 is 0 Å². The zero-order valence-corrected chi connectivity index (χ0v) is 10.6. The van der Waals surface area contributed by atoms with E-state index in [1.54, 1.807) is 0 Å². The summed E-state index contributed by atoms with van der Waals surface area (Å²) in [7, 11) is 2.26. The van der Waals surface area contributed by atoms with Crippen molar-refractivity contribution >= 4 is 0 Å². The minimum Gasteiger partial charge on any atom is -0.306 e. The molecule has 1 atom stereocenters. The van der Waals surface area contributed by atoms with Gasteiger partial charge in [0, 0.05) is 12.6 Å². The molecule has 2 aliphatic heterocycles. The van der Waals surface area contributed by atoms with E-state index in [2.05, 4.69) is 30.7 Å². The van der Waals surface area contributed by atoms with Gasteiger partial charge in [0.1, 0.15) is 0 Å². The fraction of sp³-hybridized carbons (Fsp3) is 1.00. The molecule has 1 spiro atoms. The van der Waals surface area contributed by atoms with Crippen molar-refractivity contribution < 1.29 is 0 Å². The van der Waals surface area contributed by atoms with Gasteiger partial charge in [-0.1, -0.05) is 6.92 Å². The molecular weight excluding hydrogens is 184 g/mol. The zero-order valence-electron chi connectivity index (χ0n) is 10.6. The standard InChI is InChI=1S/C13H26N2/c1-4-12(2)15-10-7-13(11-15)5-8-14(3)9-6-13/h12H,4-11H2,1-3H3. The van der Waals surface area contributed by atoms with Gasteiger partial charge in [-0.25, -0.2) is 0 Å². The highest BCUT2D eigenvalue weighted by Crippen LogP contribution is 2.40. The number of hydrogen-bond donors (Lipinski definition) is 0. The molecule has 0 aromatic rings. The average molecular weight is 210 g/mol. The molecule has 2 nitrogen and oxygen atoms in total. The Labute approximate surface area is 94.6 Å². The van der Waals surface area contributed by atoms with E-state index in [0.717, 1.165) is 6.04 Å². The lowest BCUT2D eigenvalue weighted by Gasteiger charge is -2.38. The van der Waals surface area contributed by atoms with Crippen molar-refractivity contribution in [3.63, 3.8) is 0 Å². The molecule has 2 heteroatoms. The summed E-state index contributed by atoms with van der Waals surface area (Å²) in [6.07, 6.45) is 5.61. The molecule has 2 saturated heterocycles. The molecule has 0 amide bonds. The Morgan fingerprint density at radius 1 is 1.13 bits per heavy atom. The maximum atomic E-state index is 2.71. The van der Waals surface area contributed by atoms with Crippen molar-refractivity contribution in [2.24, 2.45) is 5.41 Å². The zero-order chi connectivity index (χ0) is 10.9. The van der Waals surface area contributed by atoms with E-state index >= 15 is 0 Å². The molecule has 2 rings (SSSR count). The highest BCUT2D eigenvalue weighted by atomic mass is 15.2. The van der Waals surface area contributed by atoms with Crippen LogP contribution in [0.2, 0.25) is 0 Å². The minimum absolute atomic E-state index is 0.690. The fourth-order valence-electron chi connectivity index (χ4n) is 3.11. The van der Waals surface area contributed by atoms with Gasteiger partial charge in [-0.05, 0) is 64.7 Å². The highest BCUT2D eigenvalue weighted by molar-refractivity contribution is 4.94. The summed E-state index contributed by atoms with van der Waals surface area (Å²) in [5.41, 5.74) is 0.690. The number of likely N-dealkylation sites (tertiary alicyclic amines) is 2. The van der Waals surface area contributed by atoms with Crippen LogP contribution in [0.4, 0.5) is 0 Å². The first-order chi connectivity index (χ1) is 7.15. The molecule has 15 heavy (non-hydrogen) atoms. The Morgan fingerprint density at radius 3 is 2.33 bits per heavy atom. The Morgan fingerprint density at radius 2 is 1.73 bits per heavy atom. The molecule has 2 heterocycles. The molecule has 1 unspecified atom stereocenters. The maximum absolute atomic E-state index is 2.71. The van der Waals surface area contributed by atoms with E-state index in [9.17, 15) is 0 Å². The average Bonchev–Trinajstić information content (AvgIpc) is 2.66. The minimum atomic E-state index is 0.690. The molecule has 0 aromatic heterocycles. The summed E-state index contributed by atoms with van der Waals surface area (Å²) in [4.78, 5) is 5.20. The molecule has 0 N–H and O–H groups in total. The van der Waals surface area contributed by atoms with Crippen LogP contribution in [0.3, 0.4) is 0 Å². The van der Waals surface area contributed by atoms with Gasteiger partial charge in [-0.15, -0.1) is 0 Å². The first-order valence-corrected chi connectivity index (χ1v) is 6.58. The van der Waals surface area contributed by atoms with Crippen LogP contribution in [0.1, 0.15) is 39.5 Å². The maximum Gasteiger partial charge on any atom is 0.00645 e. The molecule has 88 valence electrons. The largest absolute Gasteiger partial charge is 0.306 e. The van der Waals surface area contributed by atoms with Gasteiger partial charge < -0.3 is 9.80 Å². The van der Waals surface area contributed by atoms with Crippen molar-refractivity contribution in [3.8, 4) is 0 Å². The second-order valence-corrected chi connectivity index (χ2v) is 5.78. The topological polar surface area (TPSA) is 6.48 Å². The molecule has 2 fully saturated rings. The lowest BCUT2D eigenvalue weighted by Crippen LogP contribution is -2.40. The van der Waals surface area contributed by atoms with E-state index in [1.165, 1.54) is 51.9 Å². The highest BCUT2D eigenvalue weighted by Gasteiger charge is 2.40. The quantitative estimate of drug-likeness (QED) is 0.689. The summed E-state index contributed by atoms with van der Waals surface area (Å²) in [5, 5.41) is 0. The summed E-state index contributed by atoms with van der Waals surface area (Å²) < 4.78 is 0. The van der Waals surface area contributed by atoms with Crippen molar-refractivity contribution in [2.45, 2.75) is 45.6 Å². The lowest BCUT2D eigenvalue weighted by atomic mass is 9.78. The number of nitrogens with zero attached hydrogens (tertiary/aromatic N) is 2. The van der Waals surface area contributed by atoms with E-state index in [0.29, 0.717) is 5.41 Å². The summed E-state index contributed by atoms with van der Waals surface area (Å²) >= 11 is 0. The van der Waals surface area contributed by atoms with E-state index in [1.807, 2.05) is 0 Å². The molecule has 0 bridgehead atoms. The first-order valence-electron chi connectivity index (χ1n) is 6.58. The SMILES string of the molecule is CCC(C)N1CCC2(CCN(C)CC2)C1. The molecular formula is C13H26N2. The van der Waals surface area contributed by atoms with Crippen LogP contribution >= 0.6 is 0 Å². The third kappa shape index (κ3) is 2.36.